The minimum Gasteiger partial charge on any atom is -0.317 e. The molecular weight excluding hydrogens is 264 g/mol. The van der Waals surface area contributed by atoms with Gasteiger partial charge in [0.1, 0.15) is 0 Å². The van der Waals surface area contributed by atoms with E-state index in [1.807, 2.05) is 0 Å². The second kappa shape index (κ2) is 5.08. The van der Waals surface area contributed by atoms with Gasteiger partial charge in [-0.15, -0.1) is 0 Å². The van der Waals surface area contributed by atoms with E-state index in [0.717, 1.165) is 25.9 Å². The topological polar surface area (TPSA) is 41.8 Å². The summed E-state index contributed by atoms with van der Waals surface area (Å²) >= 11 is 0. The van der Waals surface area contributed by atoms with Crippen molar-refractivity contribution in [3.8, 4) is 0 Å². The molecule has 1 aliphatic carbocycles. The van der Waals surface area contributed by atoms with Gasteiger partial charge in [0.15, 0.2) is 6.67 Å². The van der Waals surface area contributed by atoms with Gasteiger partial charge in [0, 0.05) is 5.92 Å². The number of imide groups is 1. The van der Waals surface area contributed by atoms with Gasteiger partial charge in [-0.05, 0) is 43.9 Å². The van der Waals surface area contributed by atoms with Crippen molar-refractivity contribution in [2.75, 3.05) is 19.8 Å². The van der Waals surface area contributed by atoms with Crippen LogP contribution in [0.5, 0.6) is 0 Å². The molecule has 0 aromatic rings. The van der Waals surface area contributed by atoms with Gasteiger partial charge >= 0.3 is 0 Å². The zero-order valence-corrected chi connectivity index (χ0v) is 13.7. The molecule has 3 fully saturated rings. The van der Waals surface area contributed by atoms with Gasteiger partial charge in [-0.2, -0.15) is 0 Å². The Morgan fingerprint density at radius 3 is 2.33 bits per heavy atom. The molecule has 2 bridgehead atoms. The van der Waals surface area contributed by atoms with E-state index in [2.05, 4.69) is 20.8 Å². The fourth-order valence-corrected chi connectivity index (χ4v) is 4.66. The Bertz CT molecular complexity index is 452. The fourth-order valence-electron chi connectivity index (χ4n) is 4.66. The molecule has 2 heterocycles. The molecule has 2 atom stereocenters. The van der Waals surface area contributed by atoms with E-state index >= 15 is 0 Å². The molecule has 1 saturated carbocycles. The molecule has 2 aliphatic heterocycles. The van der Waals surface area contributed by atoms with Gasteiger partial charge in [-0.25, -0.2) is 4.90 Å². The average Bonchev–Trinajstić information content (AvgIpc) is 2.64. The van der Waals surface area contributed by atoms with Crippen LogP contribution in [0, 0.1) is 16.7 Å². The van der Waals surface area contributed by atoms with Crippen molar-refractivity contribution in [3.05, 3.63) is 0 Å². The van der Waals surface area contributed by atoms with Crippen LogP contribution < -0.4 is 4.90 Å². The lowest BCUT2D eigenvalue weighted by molar-refractivity contribution is -0.906. The molecule has 3 rings (SSSR count). The Hall–Kier alpha value is -0.900. The molecule has 0 spiro atoms. The number of nitrogens with one attached hydrogen (secondary N) is 1. The molecule has 0 aromatic carbocycles. The zero-order valence-electron chi connectivity index (χ0n) is 13.7. The van der Waals surface area contributed by atoms with Crippen molar-refractivity contribution < 1.29 is 14.5 Å². The standard InChI is InChI=1S/C17H28N2O2/c1-16(2)13-8-9-17(16,3)15(21)19(14(13)20)12-18-10-6-4-5-7-11-18/h13H,4-12H2,1-3H3/p+1/t13-,17+/m0/s1. The molecule has 0 aromatic heterocycles. The highest BCUT2D eigenvalue weighted by Gasteiger charge is 2.64. The van der Waals surface area contributed by atoms with Gasteiger partial charge in [-0.1, -0.05) is 20.8 Å². The molecule has 21 heavy (non-hydrogen) atoms. The first-order chi connectivity index (χ1) is 9.88. The second-order valence-corrected chi connectivity index (χ2v) is 8.04. The maximum absolute atomic E-state index is 13.0. The third kappa shape index (κ3) is 2.14. The molecule has 0 unspecified atom stereocenters. The first kappa shape index (κ1) is 15.0. The van der Waals surface area contributed by atoms with Crippen LogP contribution in [-0.4, -0.2) is 36.5 Å². The van der Waals surface area contributed by atoms with E-state index in [4.69, 9.17) is 0 Å². The normalized spacial score (nSPS) is 36.9. The number of hydrogen-bond acceptors (Lipinski definition) is 2. The molecule has 4 heteroatoms. The van der Waals surface area contributed by atoms with Gasteiger partial charge in [0.2, 0.25) is 11.8 Å². The van der Waals surface area contributed by atoms with Crippen molar-refractivity contribution >= 4 is 11.8 Å². The number of carbonyl (C=O) groups is 2. The molecule has 118 valence electrons. The van der Waals surface area contributed by atoms with Gasteiger partial charge in [0.05, 0.1) is 18.5 Å². The highest BCUT2D eigenvalue weighted by molar-refractivity contribution is 6.03. The van der Waals surface area contributed by atoms with Crippen LogP contribution in [0.15, 0.2) is 0 Å². The number of nitrogens with zero attached hydrogens (tertiary/aromatic N) is 1. The predicted molar refractivity (Wildman–Crippen MR) is 80.5 cm³/mol. The van der Waals surface area contributed by atoms with Crippen molar-refractivity contribution in [1.82, 2.24) is 4.90 Å². The summed E-state index contributed by atoms with van der Waals surface area (Å²) in [6.45, 7) is 9.09. The Balaban J connectivity index is 1.80. The van der Waals surface area contributed by atoms with Crippen LogP contribution >= 0.6 is 0 Å². The maximum Gasteiger partial charge on any atom is 0.240 e. The first-order valence-corrected chi connectivity index (χ1v) is 8.57. The Labute approximate surface area is 127 Å². The summed E-state index contributed by atoms with van der Waals surface area (Å²) in [6, 6.07) is 0. The summed E-state index contributed by atoms with van der Waals surface area (Å²) in [5, 5.41) is 0. The van der Waals surface area contributed by atoms with Crippen LogP contribution in [0.3, 0.4) is 0 Å². The van der Waals surface area contributed by atoms with E-state index in [1.165, 1.54) is 30.6 Å². The molecular formula is C17H29N2O2+. The van der Waals surface area contributed by atoms with Crippen LogP contribution in [0.1, 0.15) is 59.3 Å². The number of fused-ring (bicyclic) bond motifs is 2. The molecule has 2 saturated heterocycles. The van der Waals surface area contributed by atoms with Gasteiger partial charge in [-0.3, -0.25) is 9.59 Å². The molecule has 1 N–H and O–H groups in total. The number of likely N-dealkylation sites (tertiary alicyclic amines) is 2. The fraction of sp³-hybridized carbons (Fsp3) is 0.882. The summed E-state index contributed by atoms with van der Waals surface area (Å²) in [4.78, 5) is 28.8. The molecule has 3 aliphatic rings. The number of quaternary nitrogens is 1. The minimum absolute atomic E-state index is 0.0339. The monoisotopic (exact) mass is 293 g/mol. The number of amides is 2. The number of piperidine rings is 1. The van der Waals surface area contributed by atoms with E-state index in [1.54, 1.807) is 4.90 Å². The molecule has 2 amide bonds. The summed E-state index contributed by atoms with van der Waals surface area (Å²) in [7, 11) is 0. The predicted octanol–water partition coefficient (Wildman–Crippen LogP) is 1.21. The van der Waals surface area contributed by atoms with Crippen molar-refractivity contribution in [2.45, 2.75) is 59.3 Å². The van der Waals surface area contributed by atoms with Crippen LogP contribution in [0.2, 0.25) is 0 Å². The third-order valence-corrected chi connectivity index (χ3v) is 6.70. The smallest absolute Gasteiger partial charge is 0.240 e. The Morgan fingerprint density at radius 2 is 1.71 bits per heavy atom. The van der Waals surface area contributed by atoms with E-state index in [-0.39, 0.29) is 28.6 Å². The lowest BCUT2D eigenvalue weighted by Gasteiger charge is -2.47. The van der Waals surface area contributed by atoms with Crippen LogP contribution in [0.4, 0.5) is 0 Å². The molecule has 0 radical (unpaired) electrons. The van der Waals surface area contributed by atoms with Crippen molar-refractivity contribution in [2.24, 2.45) is 16.7 Å². The minimum atomic E-state index is -0.350. The van der Waals surface area contributed by atoms with Crippen molar-refractivity contribution in [3.63, 3.8) is 0 Å². The second-order valence-electron chi connectivity index (χ2n) is 8.04. The first-order valence-electron chi connectivity index (χ1n) is 8.57. The number of carbonyl (C=O) groups excluding carboxylic acids is 2. The summed E-state index contributed by atoms with van der Waals surface area (Å²) in [5.74, 6) is 0.214. The number of hydrogen-bond donors (Lipinski definition) is 1. The average molecular weight is 293 g/mol. The SMILES string of the molecule is CC1(C)[C@H]2CC[C@]1(C)C(=O)N(C[NH+]1CCCCCC1)C2=O. The summed E-state index contributed by atoms with van der Waals surface area (Å²) in [5.41, 5.74) is -0.539. The largest absolute Gasteiger partial charge is 0.317 e. The van der Waals surface area contributed by atoms with Crippen LogP contribution in [0.25, 0.3) is 0 Å². The van der Waals surface area contributed by atoms with Gasteiger partial charge < -0.3 is 4.90 Å². The van der Waals surface area contributed by atoms with Crippen molar-refractivity contribution in [1.29, 1.82) is 0 Å². The quantitative estimate of drug-likeness (QED) is 0.778. The Morgan fingerprint density at radius 1 is 1.10 bits per heavy atom. The summed E-state index contributed by atoms with van der Waals surface area (Å²) in [6.07, 6.45) is 6.76. The Kier molecular flexibility index (Phi) is 3.63. The van der Waals surface area contributed by atoms with E-state index in [9.17, 15) is 9.59 Å². The van der Waals surface area contributed by atoms with E-state index < -0.39 is 0 Å². The lowest BCUT2D eigenvalue weighted by atomic mass is 9.62. The van der Waals surface area contributed by atoms with Gasteiger partial charge in [0.25, 0.3) is 0 Å². The zero-order chi connectivity index (χ0) is 15.3. The van der Waals surface area contributed by atoms with Crippen LogP contribution in [-0.2, 0) is 9.59 Å². The maximum atomic E-state index is 13.0. The highest BCUT2D eigenvalue weighted by atomic mass is 16.2. The summed E-state index contributed by atoms with van der Waals surface area (Å²) < 4.78 is 0. The lowest BCUT2D eigenvalue weighted by Crippen LogP contribution is -3.13. The highest BCUT2D eigenvalue weighted by Crippen LogP contribution is 2.59. The molecule has 4 nitrogen and oxygen atoms in total. The third-order valence-electron chi connectivity index (χ3n) is 6.70. The van der Waals surface area contributed by atoms with E-state index in [0.29, 0.717) is 6.67 Å². The number of rotatable bonds is 2.